The molecule has 11 rings (SSSR count). The quantitative estimate of drug-likeness (QED) is 0.172. The number of furan rings is 1. The van der Waals surface area contributed by atoms with Crippen LogP contribution in [0.2, 0.25) is 0 Å². The van der Waals surface area contributed by atoms with Crippen molar-refractivity contribution in [1.82, 2.24) is 19.5 Å². The van der Waals surface area contributed by atoms with Gasteiger partial charge >= 0.3 is 0 Å². The highest BCUT2D eigenvalue weighted by molar-refractivity contribution is 6.09. The zero-order valence-electron chi connectivity index (χ0n) is 30.2. The summed E-state index contributed by atoms with van der Waals surface area (Å²) in [6, 6.07) is 64.1. The Morgan fingerprint density at radius 1 is 0.375 bits per heavy atom. The highest BCUT2D eigenvalue weighted by Gasteiger charge is 2.14. The fourth-order valence-corrected chi connectivity index (χ4v) is 8.05. The molecule has 0 aliphatic heterocycles. The molecule has 0 radical (unpaired) electrons. The fourth-order valence-electron chi connectivity index (χ4n) is 8.05. The molecule has 4 heterocycles. The van der Waals surface area contributed by atoms with Gasteiger partial charge in [-0.1, -0.05) is 109 Å². The summed E-state index contributed by atoms with van der Waals surface area (Å²) in [5.74, 6) is 0.688. The average Bonchev–Trinajstić information content (AvgIpc) is 3.82. The number of fused-ring (bicyclic) bond motifs is 6. The van der Waals surface area contributed by atoms with Crippen LogP contribution in [0.15, 0.2) is 199 Å². The van der Waals surface area contributed by atoms with Crippen molar-refractivity contribution in [2.24, 2.45) is 0 Å². The SMILES string of the molecule is c1cc(-c2cccc(-c3ccnc(-c4cccc(-c5cccc(-n6c7ccccc7c7ccccc76)c5)c4)n3)c2)cc(-c2ccc3oc4ncccc4c3c2)c1. The summed E-state index contributed by atoms with van der Waals surface area (Å²) in [6.07, 6.45) is 3.61. The molecule has 0 spiro atoms. The minimum Gasteiger partial charge on any atom is -0.438 e. The number of benzene rings is 7. The molecule has 5 heteroatoms. The predicted molar refractivity (Wildman–Crippen MR) is 229 cm³/mol. The van der Waals surface area contributed by atoms with Crippen molar-refractivity contribution in [3.05, 3.63) is 194 Å². The Kier molecular flexibility index (Phi) is 7.42. The molecule has 0 aliphatic rings. The normalized spacial score (nSPS) is 11.6. The lowest BCUT2D eigenvalue weighted by Crippen LogP contribution is -1.94. The third-order valence-corrected chi connectivity index (χ3v) is 10.7. The lowest BCUT2D eigenvalue weighted by atomic mass is 9.96. The average molecular weight is 717 g/mol. The molecule has 11 aromatic rings. The Bertz CT molecular complexity index is 3230. The van der Waals surface area contributed by atoms with Gasteiger partial charge in [-0.05, 0) is 106 Å². The summed E-state index contributed by atoms with van der Waals surface area (Å²) >= 11 is 0. The summed E-state index contributed by atoms with van der Waals surface area (Å²) in [6.45, 7) is 0. The number of pyridine rings is 1. The second kappa shape index (κ2) is 13.0. The van der Waals surface area contributed by atoms with E-state index in [-0.39, 0.29) is 0 Å². The van der Waals surface area contributed by atoms with E-state index in [1.807, 2.05) is 24.4 Å². The standard InChI is InChI=1S/C51H32N4O/c1-3-21-47-42(18-1)43-19-2-4-22-48(43)55(47)41-17-8-14-37(31-41)36-13-7-16-40(30-36)50-52-27-25-46(54-50)39-15-6-12-35(29-39)33-10-5-11-34(28-33)38-23-24-49-45(32-38)44-20-9-26-53-51(44)56-49/h1-32H. The second-order valence-electron chi connectivity index (χ2n) is 14.1. The van der Waals surface area contributed by atoms with E-state index in [0.29, 0.717) is 11.5 Å². The summed E-state index contributed by atoms with van der Waals surface area (Å²) in [7, 11) is 0. The Morgan fingerprint density at radius 2 is 0.946 bits per heavy atom. The number of aromatic nitrogens is 4. The van der Waals surface area contributed by atoms with E-state index >= 15 is 0 Å². The van der Waals surface area contributed by atoms with Gasteiger partial charge in [0.05, 0.1) is 16.7 Å². The lowest BCUT2D eigenvalue weighted by molar-refractivity contribution is 0.654. The summed E-state index contributed by atoms with van der Waals surface area (Å²) in [4.78, 5) is 14.2. The number of nitrogens with zero attached hydrogens (tertiary/aromatic N) is 4. The van der Waals surface area contributed by atoms with Crippen LogP contribution < -0.4 is 0 Å². The molecule has 0 bridgehead atoms. The van der Waals surface area contributed by atoms with E-state index in [1.54, 1.807) is 6.20 Å². The maximum absolute atomic E-state index is 5.97. The smallest absolute Gasteiger partial charge is 0.227 e. The molecule has 56 heavy (non-hydrogen) atoms. The third kappa shape index (κ3) is 5.45. The highest BCUT2D eigenvalue weighted by atomic mass is 16.3. The Labute approximate surface area is 322 Å². The molecule has 0 atom stereocenters. The van der Waals surface area contributed by atoms with Gasteiger partial charge in [-0.2, -0.15) is 0 Å². The number of para-hydroxylation sites is 2. The van der Waals surface area contributed by atoms with Crippen LogP contribution in [0.5, 0.6) is 0 Å². The zero-order valence-corrected chi connectivity index (χ0v) is 30.2. The first-order valence-corrected chi connectivity index (χ1v) is 18.7. The van der Waals surface area contributed by atoms with Gasteiger partial charge in [-0.3, -0.25) is 0 Å². The van der Waals surface area contributed by atoms with E-state index in [4.69, 9.17) is 14.4 Å². The van der Waals surface area contributed by atoms with Gasteiger partial charge in [0.15, 0.2) is 5.82 Å². The maximum Gasteiger partial charge on any atom is 0.227 e. The van der Waals surface area contributed by atoms with Gasteiger partial charge in [0.2, 0.25) is 5.71 Å². The first kappa shape index (κ1) is 31.9. The van der Waals surface area contributed by atoms with Gasteiger partial charge in [0.1, 0.15) is 5.58 Å². The summed E-state index contributed by atoms with van der Waals surface area (Å²) in [5.41, 5.74) is 14.6. The second-order valence-corrected chi connectivity index (χ2v) is 14.1. The van der Waals surface area contributed by atoms with Gasteiger partial charge < -0.3 is 8.98 Å². The van der Waals surface area contributed by atoms with Crippen molar-refractivity contribution in [2.75, 3.05) is 0 Å². The molecule has 0 unspecified atom stereocenters. The number of hydrogen-bond donors (Lipinski definition) is 0. The molecule has 0 saturated heterocycles. The molecule has 0 fully saturated rings. The topological polar surface area (TPSA) is 56.7 Å². The van der Waals surface area contributed by atoms with E-state index in [9.17, 15) is 0 Å². The predicted octanol–water partition coefficient (Wildman–Crippen LogP) is 13.2. The monoisotopic (exact) mass is 716 g/mol. The van der Waals surface area contributed by atoms with Gasteiger partial charge in [0.25, 0.3) is 0 Å². The first-order chi connectivity index (χ1) is 27.7. The number of hydrogen-bond acceptors (Lipinski definition) is 4. The highest BCUT2D eigenvalue weighted by Crippen LogP contribution is 2.36. The van der Waals surface area contributed by atoms with Crippen LogP contribution in [0.1, 0.15) is 0 Å². The Hall–Kier alpha value is -7.63. The number of rotatable bonds is 6. The molecule has 5 nitrogen and oxygen atoms in total. The Morgan fingerprint density at radius 3 is 1.68 bits per heavy atom. The van der Waals surface area contributed by atoms with E-state index in [2.05, 4.69) is 173 Å². The zero-order chi connectivity index (χ0) is 37.0. The molecule has 0 amide bonds. The molecule has 4 aromatic heterocycles. The van der Waals surface area contributed by atoms with E-state index < -0.39 is 0 Å². The van der Waals surface area contributed by atoms with Crippen LogP contribution in [0.4, 0.5) is 0 Å². The molecule has 0 saturated carbocycles. The largest absolute Gasteiger partial charge is 0.438 e. The molecule has 7 aromatic carbocycles. The molecular weight excluding hydrogens is 685 g/mol. The van der Waals surface area contributed by atoms with Crippen molar-refractivity contribution in [1.29, 1.82) is 0 Å². The summed E-state index contributed by atoms with van der Waals surface area (Å²) < 4.78 is 8.33. The summed E-state index contributed by atoms with van der Waals surface area (Å²) in [5, 5.41) is 4.59. The molecule has 0 aliphatic carbocycles. The van der Waals surface area contributed by atoms with Crippen LogP contribution in [0.25, 0.3) is 106 Å². The van der Waals surface area contributed by atoms with Crippen LogP contribution in [-0.4, -0.2) is 19.5 Å². The van der Waals surface area contributed by atoms with Gasteiger partial charge in [0, 0.05) is 50.8 Å². The molecule has 262 valence electrons. The van der Waals surface area contributed by atoms with Crippen molar-refractivity contribution in [3.8, 4) is 61.7 Å². The Balaban J connectivity index is 0.907. The van der Waals surface area contributed by atoms with Crippen molar-refractivity contribution < 1.29 is 4.42 Å². The fraction of sp³-hybridized carbons (Fsp3) is 0. The van der Waals surface area contributed by atoms with Crippen LogP contribution in [-0.2, 0) is 0 Å². The van der Waals surface area contributed by atoms with E-state index in [1.165, 1.54) is 21.8 Å². The van der Waals surface area contributed by atoms with E-state index in [0.717, 1.165) is 72.2 Å². The lowest BCUT2D eigenvalue weighted by Gasteiger charge is -2.11. The van der Waals surface area contributed by atoms with Crippen LogP contribution >= 0.6 is 0 Å². The molecular formula is C51H32N4O. The van der Waals surface area contributed by atoms with Crippen molar-refractivity contribution >= 4 is 43.9 Å². The van der Waals surface area contributed by atoms with Crippen LogP contribution in [0, 0.1) is 0 Å². The van der Waals surface area contributed by atoms with Crippen molar-refractivity contribution in [2.45, 2.75) is 0 Å². The third-order valence-electron chi connectivity index (χ3n) is 10.7. The first-order valence-electron chi connectivity index (χ1n) is 18.7. The minimum absolute atomic E-state index is 0.659. The van der Waals surface area contributed by atoms with Crippen LogP contribution in [0.3, 0.4) is 0 Å². The minimum atomic E-state index is 0.659. The van der Waals surface area contributed by atoms with Gasteiger partial charge in [-0.25, -0.2) is 15.0 Å². The van der Waals surface area contributed by atoms with Crippen molar-refractivity contribution in [3.63, 3.8) is 0 Å². The van der Waals surface area contributed by atoms with Gasteiger partial charge in [-0.15, -0.1) is 0 Å². The maximum atomic E-state index is 5.97. The molecule has 0 N–H and O–H groups in total.